The van der Waals surface area contributed by atoms with Crippen molar-refractivity contribution in [1.29, 1.82) is 0 Å². The molecule has 0 spiro atoms. The number of fused-ring (bicyclic) bond motifs is 5. The SMILES string of the molecule is CCOc1nn(CCO)c2c1/C=C/c1n[nH]c3cnc(cc13)-c1c(C)nn(C)c1OCC1CCCN1C2. The highest BCUT2D eigenvalue weighted by Crippen LogP contribution is 2.35. The Morgan fingerprint density at radius 3 is 3.00 bits per heavy atom. The standard InChI is InChI=1S/C26H32N8O3/c1-4-36-25-18-7-8-20-19-12-21(27-13-22(19)29-28-20)24-16(2)30-32(3)26(24)37-15-17-6-5-9-33(17)14-23(18)34(31-25)10-11-35/h7-8,12-13,17,35H,4-6,9-11,14-15H2,1-3H3,(H,28,29)/b8-7+. The molecular formula is C26H32N8O3. The molecule has 0 aromatic carbocycles. The van der Waals surface area contributed by atoms with Crippen LogP contribution in [0.5, 0.6) is 11.8 Å². The lowest BCUT2D eigenvalue weighted by atomic mass is 10.1. The highest BCUT2D eigenvalue weighted by molar-refractivity contribution is 5.92. The molecule has 4 aromatic rings. The fourth-order valence-corrected chi connectivity index (χ4v) is 5.46. The number of aromatic amines is 1. The second-order valence-electron chi connectivity index (χ2n) is 9.57. The number of nitrogens with zero attached hydrogens (tertiary/aromatic N) is 7. The van der Waals surface area contributed by atoms with Crippen molar-refractivity contribution in [3.63, 3.8) is 0 Å². The van der Waals surface area contributed by atoms with Gasteiger partial charge in [0.2, 0.25) is 11.8 Å². The van der Waals surface area contributed by atoms with Crippen molar-refractivity contribution in [3.8, 4) is 23.0 Å². The van der Waals surface area contributed by atoms with Crippen LogP contribution in [0.25, 0.3) is 34.3 Å². The molecule has 0 radical (unpaired) electrons. The van der Waals surface area contributed by atoms with E-state index in [2.05, 4.69) is 20.2 Å². The molecule has 0 amide bonds. The Balaban J connectivity index is 1.54. The number of aliphatic hydroxyl groups is 1. The Morgan fingerprint density at radius 1 is 1.27 bits per heavy atom. The number of ether oxygens (including phenoxy) is 2. The average molecular weight is 505 g/mol. The first-order chi connectivity index (χ1) is 18.1. The Kier molecular flexibility index (Phi) is 6.17. The van der Waals surface area contributed by atoms with Crippen LogP contribution in [0.3, 0.4) is 0 Å². The summed E-state index contributed by atoms with van der Waals surface area (Å²) in [4.78, 5) is 7.15. The van der Waals surface area contributed by atoms with Crippen LogP contribution >= 0.6 is 0 Å². The molecule has 2 bridgehead atoms. The summed E-state index contributed by atoms with van der Waals surface area (Å²) in [7, 11) is 1.91. The van der Waals surface area contributed by atoms with E-state index < -0.39 is 0 Å². The summed E-state index contributed by atoms with van der Waals surface area (Å²) in [5.74, 6) is 1.28. The van der Waals surface area contributed by atoms with Gasteiger partial charge < -0.3 is 14.6 Å². The third-order valence-electron chi connectivity index (χ3n) is 7.23. The van der Waals surface area contributed by atoms with Gasteiger partial charge in [-0.05, 0) is 51.5 Å². The maximum absolute atomic E-state index is 9.75. The van der Waals surface area contributed by atoms with E-state index >= 15 is 0 Å². The zero-order valence-corrected chi connectivity index (χ0v) is 21.4. The molecule has 6 rings (SSSR count). The number of pyridine rings is 1. The molecule has 11 heteroatoms. The summed E-state index contributed by atoms with van der Waals surface area (Å²) in [5.41, 5.74) is 6.13. The molecule has 0 aliphatic carbocycles. The predicted molar refractivity (Wildman–Crippen MR) is 139 cm³/mol. The minimum Gasteiger partial charge on any atom is -0.476 e. The van der Waals surface area contributed by atoms with Crippen molar-refractivity contribution in [2.24, 2.45) is 7.05 Å². The summed E-state index contributed by atoms with van der Waals surface area (Å²) >= 11 is 0. The topological polar surface area (TPSA) is 119 Å². The van der Waals surface area contributed by atoms with Crippen LogP contribution in [0.1, 0.15) is 42.4 Å². The molecule has 4 aromatic heterocycles. The molecule has 194 valence electrons. The molecule has 37 heavy (non-hydrogen) atoms. The quantitative estimate of drug-likeness (QED) is 0.436. The third-order valence-corrected chi connectivity index (χ3v) is 7.23. The Labute approximate surface area is 214 Å². The first-order valence-corrected chi connectivity index (χ1v) is 12.8. The smallest absolute Gasteiger partial charge is 0.240 e. The molecule has 2 aliphatic rings. The Morgan fingerprint density at radius 2 is 2.16 bits per heavy atom. The fraction of sp³-hybridized carbons (Fsp3) is 0.462. The lowest BCUT2D eigenvalue weighted by Crippen LogP contribution is -2.35. The van der Waals surface area contributed by atoms with Crippen LogP contribution in [0.4, 0.5) is 0 Å². The van der Waals surface area contributed by atoms with Crippen molar-refractivity contribution < 1.29 is 14.6 Å². The number of hydrogen-bond acceptors (Lipinski definition) is 8. The summed E-state index contributed by atoms with van der Waals surface area (Å²) in [6.07, 6.45) is 7.96. The van der Waals surface area contributed by atoms with E-state index in [1.54, 1.807) is 10.9 Å². The number of aromatic nitrogens is 7. The molecular weight excluding hydrogens is 472 g/mol. The van der Waals surface area contributed by atoms with Crippen LogP contribution in [-0.2, 0) is 20.1 Å². The van der Waals surface area contributed by atoms with E-state index in [4.69, 9.17) is 19.6 Å². The first kappa shape index (κ1) is 23.7. The zero-order valence-electron chi connectivity index (χ0n) is 21.4. The third kappa shape index (κ3) is 4.17. The van der Waals surface area contributed by atoms with E-state index in [-0.39, 0.29) is 12.6 Å². The fourth-order valence-electron chi connectivity index (χ4n) is 5.46. The average Bonchev–Trinajstić information content (AvgIpc) is 3.63. The van der Waals surface area contributed by atoms with Gasteiger partial charge >= 0.3 is 0 Å². The molecule has 2 aliphatic heterocycles. The zero-order chi connectivity index (χ0) is 25.5. The van der Waals surface area contributed by atoms with Crippen molar-refractivity contribution in [1.82, 2.24) is 39.6 Å². The van der Waals surface area contributed by atoms with Gasteiger partial charge in [-0.25, -0.2) is 4.68 Å². The van der Waals surface area contributed by atoms with Crippen LogP contribution in [0.2, 0.25) is 0 Å². The van der Waals surface area contributed by atoms with Gasteiger partial charge in [0.1, 0.15) is 6.61 Å². The molecule has 2 N–H and O–H groups in total. The van der Waals surface area contributed by atoms with E-state index in [0.29, 0.717) is 32.2 Å². The van der Waals surface area contributed by atoms with Gasteiger partial charge in [-0.2, -0.15) is 10.2 Å². The molecule has 1 fully saturated rings. The lowest BCUT2D eigenvalue weighted by Gasteiger charge is -2.25. The van der Waals surface area contributed by atoms with Crippen LogP contribution < -0.4 is 9.47 Å². The van der Waals surface area contributed by atoms with E-state index in [9.17, 15) is 5.11 Å². The molecule has 1 saturated heterocycles. The number of aryl methyl sites for hydroxylation is 2. The summed E-state index contributed by atoms with van der Waals surface area (Å²) in [6, 6.07) is 2.28. The molecule has 1 atom stereocenters. The summed E-state index contributed by atoms with van der Waals surface area (Å²) in [5, 5.41) is 27.7. The molecule has 1 unspecified atom stereocenters. The van der Waals surface area contributed by atoms with Crippen LogP contribution in [0.15, 0.2) is 12.3 Å². The van der Waals surface area contributed by atoms with Gasteiger partial charge in [-0.3, -0.25) is 19.7 Å². The lowest BCUT2D eigenvalue weighted by molar-refractivity contribution is 0.156. The second kappa shape index (κ2) is 9.64. The van der Waals surface area contributed by atoms with Gasteiger partial charge in [0.05, 0.1) is 65.4 Å². The molecule has 11 nitrogen and oxygen atoms in total. The van der Waals surface area contributed by atoms with E-state index in [1.165, 1.54) is 0 Å². The van der Waals surface area contributed by atoms with Crippen molar-refractivity contribution in [2.45, 2.75) is 45.8 Å². The number of hydrogen-bond donors (Lipinski definition) is 2. The van der Waals surface area contributed by atoms with E-state index in [1.807, 2.05) is 43.8 Å². The maximum Gasteiger partial charge on any atom is 0.240 e. The second-order valence-corrected chi connectivity index (χ2v) is 9.57. The Hall–Kier alpha value is -3.70. The minimum absolute atomic E-state index is 0.00165. The number of nitrogens with one attached hydrogen (secondary N) is 1. The minimum atomic E-state index is -0.00165. The van der Waals surface area contributed by atoms with Gasteiger partial charge in [0, 0.05) is 25.0 Å². The van der Waals surface area contributed by atoms with Crippen molar-refractivity contribution in [2.75, 3.05) is 26.4 Å². The highest BCUT2D eigenvalue weighted by atomic mass is 16.5. The predicted octanol–water partition coefficient (Wildman–Crippen LogP) is 2.78. The highest BCUT2D eigenvalue weighted by Gasteiger charge is 2.30. The summed E-state index contributed by atoms with van der Waals surface area (Å²) in [6.45, 7) is 7.02. The number of aliphatic hydroxyl groups excluding tert-OH is 1. The van der Waals surface area contributed by atoms with Gasteiger partial charge in [0.25, 0.3) is 0 Å². The summed E-state index contributed by atoms with van der Waals surface area (Å²) < 4.78 is 16.1. The number of rotatable bonds is 4. The van der Waals surface area contributed by atoms with E-state index in [0.717, 1.165) is 70.1 Å². The molecule has 6 heterocycles. The largest absolute Gasteiger partial charge is 0.476 e. The van der Waals surface area contributed by atoms with Crippen molar-refractivity contribution in [3.05, 3.63) is 34.9 Å². The Bertz CT molecular complexity index is 1470. The van der Waals surface area contributed by atoms with Gasteiger partial charge in [-0.15, -0.1) is 5.10 Å². The van der Waals surface area contributed by atoms with Crippen molar-refractivity contribution >= 4 is 23.1 Å². The van der Waals surface area contributed by atoms with Gasteiger partial charge in [-0.1, -0.05) is 0 Å². The van der Waals surface area contributed by atoms with Crippen LogP contribution in [-0.4, -0.2) is 77.2 Å². The molecule has 0 saturated carbocycles. The van der Waals surface area contributed by atoms with Crippen LogP contribution in [0, 0.1) is 6.92 Å². The normalized spacial score (nSPS) is 18.6. The first-order valence-electron chi connectivity index (χ1n) is 12.8. The van der Waals surface area contributed by atoms with Gasteiger partial charge in [0.15, 0.2) is 0 Å². The monoisotopic (exact) mass is 504 g/mol. The number of H-pyrrole nitrogens is 1. The maximum atomic E-state index is 9.75.